The van der Waals surface area contributed by atoms with Crippen LogP contribution in [-0.2, 0) is 6.42 Å². The Kier molecular flexibility index (Phi) is 3.46. The second-order valence-electron chi connectivity index (χ2n) is 3.40. The summed E-state index contributed by atoms with van der Waals surface area (Å²) in [6.07, 6.45) is 0.830. The van der Waals surface area contributed by atoms with E-state index in [2.05, 4.69) is 15.3 Å². The summed E-state index contributed by atoms with van der Waals surface area (Å²) in [6, 6.07) is 4.71. The van der Waals surface area contributed by atoms with Crippen LogP contribution in [0, 0.1) is 12.9 Å². The van der Waals surface area contributed by atoms with Crippen molar-refractivity contribution in [3.8, 4) is 0 Å². The van der Waals surface area contributed by atoms with Gasteiger partial charge in [0, 0.05) is 24.0 Å². The molecule has 2 rings (SSSR count). The Bertz CT molecular complexity index is 470. The van der Waals surface area contributed by atoms with Gasteiger partial charge in [0.05, 0.1) is 5.01 Å². The Morgan fingerprint density at radius 2 is 2.25 bits per heavy atom. The summed E-state index contributed by atoms with van der Waals surface area (Å²) in [5, 5.41) is 6.17. The maximum Gasteiger partial charge on any atom is 0.214 e. The van der Waals surface area contributed by atoms with E-state index in [1.807, 2.05) is 12.3 Å². The second-order valence-corrected chi connectivity index (χ2v) is 4.35. The number of rotatable bonds is 4. The number of hydrogen-bond acceptors (Lipinski definition) is 4. The number of hydrogen-bond donors (Lipinski definition) is 1. The molecule has 0 atom stereocenters. The zero-order chi connectivity index (χ0) is 11.4. The Labute approximate surface area is 97.4 Å². The fourth-order valence-corrected chi connectivity index (χ4v) is 2.10. The van der Waals surface area contributed by atoms with Gasteiger partial charge in [-0.05, 0) is 19.1 Å². The van der Waals surface area contributed by atoms with Crippen LogP contribution in [0.1, 0.15) is 10.7 Å². The predicted molar refractivity (Wildman–Crippen MR) is 63.2 cm³/mol. The highest BCUT2D eigenvalue weighted by atomic mass is 32.1. The lowest BCUT2D eigenvalue weighted by Crippen LogP contribution is -2.06. The van der Waals surface area contributed by atoms with Gasteiger partial charge in [-0.3, -0.25) is 0 Å². The van der Waals surface area contributed by atoms with Crippen molar-refractivity contribution in [2.45, 2.75) is 13.3 Å². The van der Waals surface area contributed by atoms with Crippen molar-refractivity contribution in [3.63, 3.8) is 0 Å². The lowest BCUT2D eigenvalue weighted by molar-refractivity contribution is 0.585. The van der Waals surface area contributed by atoms with Gasteiger partial charge in [0.25, 0.3) is 0 Å². The molecule has 0 radical (unpaired) electrons. The van der Waals surface area contributed by atoms with Gasteiger partial charge in [0.15, 0.2) is 0 Å². The summed E-state index contributed by atoms with van der Waals surface area (Å²) in [5.74, 6) is 0.100. The number of anilines is 1. The number of halogens is 1. The van der Waals surface area contributed by atoms with Crippen molar-refractivity contribution in [1.82, 2.24) is 9.97 Å². The minimum atomic E-state index is -0.463. The molecule has 0 amide bonds. The van der Waals surface area contributed by atoms with Crippen molar-refractivity contribution in [1.29, 1.82) is 0 Å². The molecule has 2 heterocycles. The Hall–Kier alpha value is -1.49. The SMILES string of the molecule is Cc1csc(CCNc2cccc(F)n2)n1. The van der Waals surface area contributed by atoms with E-state index in [1.54, 1.807) is 23.5 Å². The third-order valence-corrected chi connectivity index (χ3v) is 3.05. The van der Waals surface area contributed by atoms with Crippen LogP contribution in [0.15, 0.2) is 23.6 Å². The monoisotopic (exact) mass is 237 g/mol. The van der Waals surface area contributed by atoms with Crippen LogP contribution < -0.4 is 5.32 Å². The van der Waals surface area contributed by atoms with Crippen LogP contribution in [0.5, 0.6) is 0 Å². The number of thiazole rings is 1. The standard InChI is InChI=1S/C11H12FN3S/c1-8-7-16-11(14-8)5-6-13-10-4-2-3-9(12)15-10/h2-4,7H,5-6H2,1H3,(H,13,15). The molecule has 0 aliphatic carbocycles. The lowest BCUT2D eigenvalue weighted by Gasteiger charge is -2.03. The van der Waals surface area contributed by atoms with Crippen molar-refractivity contribution in [2.75, 3.05) is 11.9 Å². The van der Waals surface area contributed by atoms with Gasteiger partial charge >= 0.3 is 0 Å². The Morgan fingerprint density at radius 1 is 1.38 bits per heavy atom. The first-order valence-electron chi connectivity index (χ1n) is 5.01. The van der Waals surface area contributed by atoms with Crippen LogP contribution in [0.3, 0.4) is 0 Å². The van der Waals surface area contributed by atoms with E-state index in [9.17, 15) is 4.39 Å². The fraction of sp³-hybridized carbons (Fsp3) is 0.273. The normalized spacial score (nSPS) is 10.4. The van der Waals surface area contributed by atoms with E-state index in [1.165, 1.54) is 6.07 Å². The fourth-order valence-electron chi connectivity index (χ4n) is 1.32. The molecule has 0 spiro atoms. The summed E-state index contributed by atoms with van der Waals surface area (Å²) < 4.78 is 12.8. The number of nitrogens with one attached hydrogen (secondary N) is 1. The molecular weight excluding hydrogens is 225 g/mol. The quantitative estimate of drug-likeness (QED) is 0.831. The molecule has 0 aliphatic rings. The lowest BCUT2D eigenvalue weighted by atomic mass is 10.4. The van der Waals surface area contributed by atoms with Crippen molar-refractivity contribution >= 4 is 17.2 Å². The average Bonchev–Trinajstić information content (AvgIpc) is 2.64. The van der Waals surface area contributed by atoms with Crippen LogP contribution in [-0.4, -0.2) is 16.5 Å². The highest BCUT2D eigenvalue weighted by Crippen LogP contribution is 2.10. The molecule has 2 aromatic rings. The number of aryl methyl sites for hydroxylation is 1. The molecule has 0 saturated heterocycles. The van der Waals surface area contributed by atoms with Gasteiger partial charge < -0.3 is 5.32 Å². The summed E-state index contributed by atoms with van der Waals surface area (Å²) in [5.41, 5.74) is 1.05. The summed E-state index contributed by atoms with van der Waals surface area (Å²) in [4.78, 5) is 8.06. The molecular formula is C11H12FN3S. The molecule has 0 unspecified atom stereocenters. The molecule has 0 saturated carbocycles. The van der Waals surface area contributed by atoms with Gasteiger partial charge in [-0.2, -0.15) is 4.39 Å². The zero-order valence-electron chi connectivity index (χ0n) is 8.90. The zero-order valence-corrected chi connectivity index (χ0v) is 9.72. The molecule has 16 heavy (non-hydrogen) atoms. The van der Waals surface area contributed by atoms with E-state index in [0.717, 1.165) is 17.1 Å². The van der Waals surface area contributed by atoms with Crippen LogP contribution in [0.2, 0.25) is 0 Å². The second kappa shape index (κ2) is 5.03. The van der Waals surface area contributed by atoms with Gasteiger partial charge in [-0.1, -0.05) is 6.07 Å². The van der Waals surface area contributed by atoms with E-state index in [-0.39, 0.29) is 0 Å². The van der Waals surface area contributed by atoms with Gasteiger partial charge in [0.2, 0.25) is 5.95 Å². The number of aromatic nitrogens is 2. The number of pyridine rings is 1. The van der Waals surface area contributed by atoms with Crippen molar-refractivity contribution < 1.29 is 4.39 Å². The number of nitrogens with zero attached hydrogens (tertiary/aromatic N) is 2. The Morgan fingerprint density at radius 3 is 2.94 bits per heavy atom. The molecule has 0 aromatic carbocycles. The molecule has 1 N–H and O–H groups in total. The molecule has 5 heteroatoms. The summed E-state index contributed by atoms with van der Waals surface area (Å²) in [6.45, 7) is 2.69. The third kappa shape index (κ3) is 3.00. The maximum absolute atomic E-state index is 12.8. The van der Waals surface area contributed by atoms with Crippen molar-refractivity contribution in [3.05, 3.63) is 40.2 Å². The van der Waals surface area contributed by atoms with Gasteiger partial charge in [-0.15, -0.1) is 11.3 Å². The average molecular weight is 237 g/mol. The molecule has 3 nitrogen and oxygen atoms in total. The molecule has 0 bridgehead atoms. The minimum Gasteiger partial charge on any atom is -0.370 e. The Balaban J connectivity index is 1.84. The first kappa shape index (κ1) is 11.0. The largest absolute Gasteiger partial charge is 0.370 e. The smallest absolute Gasteiger partial charge is 0.214 e. The first-order valence-corrected chi connectivity index (χ1v) is 5.89. The van der Waals surface area contributed by atoms with Gasteiger partial charge in [0.1, 0.15) is 5.82 Å². The van der Waals surface area contributed by atoms with E-state index in [0.29, 0.717) is 12.4 Å². The minimum absolute atomic E-state index is 0.463. The topological polar surface area (TPSA) is 37.8 Å². The molecule has 0 fully saturated rings. The van der Waals surface area contributed by atoms with Gasteiger partial charge in [-0.25, -0.2) is 9.97 Å². The maximum atomic E-state index is 12.8. The first-order chi connectivity index (χ1) is 7.74. The highest BCUT2D eigenvalue weighted by molar-refractivity contribution is 7.09. The van der Waals surface area contributed by atoms with E-state index < -0.39 is 5.95 Å². The molecule has 2 aromatic heterocycles. The van der Waals surface area contributed by atoms with E-state index in [4.69, 9.17) is 0 Å². The highest BCUT2D eigenvalue weighted by Gasteiger charge is 1.99. The summed E-state index contributed by atoms with van der Waals surface area (Å²) >= 11 is 1.64. The van der Waals surface area contributed by atoms with Crippen LogP contribution in [0.25, 0.3) is 0 Å². The van der Waals surface area contributed by atoms with Crippen LogP contribution in [0.4, 0.5) is 10.2 Å². The third-order valence-electron chi connectivity index (χ3n) is 2.03. The molecule has 84 valence electrons. The molecule has 0 aliphatic heterocycles. The predicted octanol–water partition coefficient (Wildman–Crippen LogP) is 2.64. The van der Waals surface area contributed by atoms with Crippen LogP contribution >= 0.6 is 11.3 Å². The summed E-state index contributed by atoms with van der Waals surface area (Å²) in [7, 11) is 0. The van der Waals surface area contributed by atoms with E-state index >= 15 is 0 Å². The van der Waals surface area contributed by atoms with Crippen molar-refractivity contribution in [2.24, 2.45) is 0 Å².